The Balaban J connectivity index is 1.66. The van der Waals surface area contributed by atoms with Crippen molar-refractivity contribution < 1.29 is 4.79 Å². The lowest BCUT2D eigenvalue weighted by atomic mass is 10.0. The number of hydrogen-bond donors (Lipinski definition) is 2. The minimum Gasteiger partial charge on any atom is -0.333 e. The Labute approximate surface area is 154 Å². The fourth-order valence-electron chi connectivity index (χ4n) is 2.85. The first kappa shape index (κ1) is 17.7. The van der Waals surface area contributed by atoms with Crippen molar-refractivity contribution in [2.24, 2.45) is 5.92 Å². The van der Waals surface area contributed by atoms with Gasteiger partial charge < -0.3 is 15.2 Å². The fraction of sp³-hybridized carbons (Fsp3) is 0.238. The molecule has 5 nitrogen and oxygen atoms in total. The van der Waals surface area contributed by atoms with E-state index in [1.54, 1.807) is 12.5 Å². The van der Waals surface area contributed by atoms with Crippen molar-refractivity contribution in [1.29, 1.82) is 0 Å². The van der Waals surface area contributed by atoms with Crippen molar-refractivity contribution in [1.82, 2.24) is 14.9 Å². The first-order valence-corrected chi connectivity index (χ1v) is 8.82. The van der Waals surface area contributed by atoms with Crippen LogP contribution in [0.4, 0.5) is 10.5 Å². The number of carbonyl (C=O) groups excluding carboxylic acids is 1. The fourth-order valence-corrected chi connectivity index (χ4v) is 2.85. The summed E-state index contributed by atoms with van der Waals surface area (Å²) in [6, 6.07) is 17.6. The second kappa shape index (κ2) is 8.34. The standard InChI is InChI=1S/C21H24N4O/c1-16(2)14-25-15-22-12-18(25)13-23-21(26)24-20-11-7-6-10-19(20)17-8-4-3-5-9-17/h3-12,15-16H,13-14H2,1-2H3,(H2,23,24,26). The van der Waals surface area contributed by atoms with Gasteiger partial charge in [-0.15, -0.1) is 0 Å². The molecule has 5 heteroatoms. The molecular formula is C21H24N4O. The van der Waals surface area contributed by atoms with E-state index in [1.807, 2.05) is 54.6 Å². The van der Waals surface area contributed by atoms with Gasteiger partial charge in [-0.25, -0.2) is 9.78 Å². The average Bonchev–Trinajstić information content (AvgIpc) is 3.07. The van der Waals surface area contributed by atoms with Crippen molar-refractivity contribution in [2.45, 2.75) is 26.9 Å². The zero-order valence-electron chi connectivity index (χ0n) is 15.1. The van der Waals surface area contributed by atoms with Crippen LogP contribution >= 0.6 is 0 Å². The lowest BCUT2D eigenvalue weighted by molar-refractivity contribution is 0.251. The van der Waals surface area contributed by atoms with Gasteiger partial charge in [0.2, 0.25) is 0 Å². The van der Waals surface area contributed by atoms with E-state index >= 15 is 0 Å². The number of anilines is 1. The lowest BCUT2D eigenvalue weighted by Gasteiger charge is -2.14. The highest BCUT2D eigenvalue weighted by molar-refractivity contribution is 5.94. The third-order valence-corrected chi connectivity index (χ3v) is 4.05. The second-order valence-corrected chi connectivity index (χ2v) is 6.65. The Bertz CT molecular complexity index is 855. The topological polar surface area (TPSA) is 59.0 Å². The summed E-state index contributed by atoms with van der Waals surface area (Å²) in [5.74, 6) is 0.523. The molecule has 3 rings (SSSR count). The molecule has 1 aromatic heterocycles. The number of nitrogens with zero attached hydrogens (tertiary/aromatic N) is 2. The van der Waals surface area contributed by atoms with Crippen LogP contribution in [0.2, 0.25) is 0 Å². The van der Waals surface area contributed by atoms with Gasteiger partial charge in [-0.3, -0.25) is 0 Å². The zero-order chi connectivity index (χ0) is 18.4. The van der Waals surface area contributed by atoms with Crippen molar-refractivity contribution in [3.63, 3.8) is 0 Å². The summed E-state index contributed by atoms with van der Waals surface area (Å²) in [6.07, 6.45) is 3.60. The number of rotatable bonds is 6. The van der Waals surface area contributed by atoms with E-state index in [2.05, 4.69) is 34.0 Å². The molecule has 0 saturated heterocycles. The maximum Gasteiger partial charge on any atom is 0.319 e. The van der Waals surface area contributed by atoms with Gasteiger partial charge in [0.25, 0.3) is 0 Å². The highest BCUT2D eigenvalue weighted by Gasteiger charge is 2.09. The second-order valence-electron chi connectivity index (χ2n) is 6.65. The van der Waals surface area contributed by atoms with Gasteiger partial charge in [0, 0.05) is 18.3 Å². The highest BCUT2D eigenvalue weighted by atomic mass is 16.2. The van der Waals surface area contributed by atoms with Crippen LogP contribution in [-0.4, -0.2) is 15.6 Å². The smallest absolute Gasteiger partial charge is 0.319 e. The maximum atomic E-state index is 12.4. The molecule has 3 aromatic rings. The molecule has 1 heterocycles. The largest absolute Gasteiger partial charge is 0.333 e. The van der Waals surface area contributed by atoms with Gasteiger partial charge in [0.15, 0.2) is 0 Å². The van der Waals surface area contributed by atoms with Crippen LogP contribution in [0.1, 0.15) is 19.5 Å². The van der Waals surface area contributed by atoms with Crippen LogP contribution in [0, 0.1) is 5.92 Å². The molecule has 26 heavy (non-hydrogen) atoms. The molecule has 0 radical (unpaired) electrons. The molecule has 0 aliphatic heterocycles. The Morgan fingerprint density at radius 2 is 1.81 bits per heavy atom. The molecule has 0 fully saturated rings. The van der Waals surface area contributed by atoms with Crippen molar-refractivity contribution in [3.8, 4) is 11.1 Å². The van der Waals surface area contributed by atoms with Gasteiger partial charge in [0.05, 0.1) is 24.3 Å². The summed E-state index contributed by atoms with van der Waals surface area (Å²) in [6.45, 7) is 5.64. The minimum absolute atomic E-state index is 0.231. The number of carbonyl (C=O) groups is 1. The molecule has 0 spiro atoms. The lowest BCUT2D eigenvalue weighted by Crippen LogP contribution is -2.29. The third-order valence-electron chi connectivity index (χ3n) is 4.05. The number of aromatic nitrogens is 2. The monoisotopic (exact) mass is 348 g/mol. The summed E-state index contributed by atoms with van der Waals surface area (Å²) in [7, 11) is 0. The summed E-state index contributed by atoms with van der Waals surface area (Å²) in [5, 5.41) is 5.87. The number of amides is 2. The van der Waals surface area contributed by atoms with Gasteiger partial charge in [0.1, 0.15) is 0 Å². The minimum atomic E-state index is -0.231. The Kier molecular flexibility index (Phi) is 5.69. The van der Waals surface area contributed by atoms with Crippen LogP contribution in [-0.2, 0) is 13.1 Å². The Morgan fingerprint density at radius 1 is 1.08 bits per heavy atom. The molecule has 134 valence electrons. The van der Waals surface area contributed by atoms with Crippen LogP contribution in [0.3, 0.4) is 0 Å². The van der Waals surface area contributed by atoms with Crippen LogP contribution in [0.15, 0.2) is 67.1 Å². The molecular weight excluding hydrogens is 324 g/mol. The van der Waals surface area contributed by atoms with Gasteiger partial charge >= 0.3 is 6.03 Å². The van der Waals surface area contributed by atoms with E-state index in [4.69, 9.17) is 0 Å². The molecule has 2 aromatic carbocycles. The van der Waals surface area contributed by atoms with Crippen molar-refractivity contribution >= 4 is 11.7 Å². The van der Waals surface area contributed by atoms with Crippen LogP contribution in [0.25, 0.3) is 11.1 Å². The number of benzene rings is 2. The van der Waals surface area contributed by atoms with Crippen LogP contribution < -0.4 is 10.6 Å². The summed E-state index contributed by atoms with van der Waals surface area (Å²) in [4.78, 5) is 16.6. The van der Waals surface area contributed by atoms with E-state index in [-0.39, 0.29) is 6.03 Å². The average molecular weight is 348 g/mol. The molecule has 2 N–H and O–H groups in total. The quantitative estimate of drug-likeness (QED) is 0.688. The molecule has 0 atom stereocenters. The SMILES string of the molecule is CC(C)Cn1cncc1CNC(=O)Nc1ccccc1-c1ccccc1. The number of nitrogens with one attached hydrogen (secondary N) is 2. The number of para-hydroxylation sites is 1. The van der Waals surface area contributed by atoms with E-state index in [9.17, 15) is 4.79 Å². The van der Waals surface area contributed by atoms with E-state index in [0.717, 1.165) is 29.1 Å². The molecule has 0 bridgehead atoms. The molecule has 2 amide bonds. The molecule has 0 aliphatic rings. The Hall–Kier alpha value is -3.08. The zero-order valence-corrected chi connectivity index (χ0v) is 15.1. The van der Waals surface area contributed by atoms with Gasteiger partial charge in [-0.05, 0) is 17.5 Å². The predicted octanol–water partition coefficient (Wildman–Crippen LogP) is 4.53. The normalized spacial score (nSPS) is 10.7. The third kappa shape index (κ3) is 4.51. The first-order valence-electron chi connectivity index (χ1n) is 8.82. The van der Waals surface area contributed by atoms with E-state index in [0.29, 0.717) is 12.5 Å². The van der Waals surface area contributed by atoms with Gasteiger partial charge in [-0.2, -0.15) is 0 Å². The molecule has 0 aliphatic carbocycles. The highest BCUT2D eigenvalue weighted by Crippen LogP contribution is 2.27. The van der Waals surface area contributed by atoms with Gasteiger partial charge in [-0.1, -0.05) is 62.4 Å². The summed E-state index contributed by atoms with van der Waals surface area (Å²) in [5.41, 5.74) is 3.84. The number of hydrogen-bond acceptors (Lipinski definition) is 2. The number of urea groups is 1. The Morgan fingerprint density at radius 3 is 2.58 bits per heavy atom. The van der Waals surface area contributed by atoms with Crippen molar-refractivity contribution in [3.05, 3.63) is 72.8 Å². The predicted molar refractivity (Wildman–Crippen MR) is 105 cm³/mol. The van der Waals surface area contributed by atoms with Crippen LogP contribution in [0.5, 0.6) is 0 Å². The maximum absolute atomic E-state index is 12.4. The van der Waals surface area contributed by atoms with Crippen molar-refractivity contribution in [2.75, 3.05) is 5.32 Å². The summed E-state index contributed by atoms with van der Waals surface area (Å²) < 4.78 is 2.07. The molecule has 0 saturated carbocycles. The first-order chi connectivity index (χ1) is 12.6. The molecule has 0 unspecified atom stereocenters. The van der Waals surface area contributed by atoms with E-state index < -0.39 is 0 Å². The number of imidazole rings is 1. The van der Waals surface area contributed by atoms with E-state index in [1.165, 1.54) is 0 Å². The summed E-state index contributed by atoms with van der Waals surface area (Å²) >= 11 is 0.